The highest BCUT2D eigenvalue weighted by Crippen LogP contribution is 2.08. The fraction of sp³-hybridized carbons (Fsp3) is 0.545. The van der Waals surface area contributed by atoms with E-state index in [4.69, 9.17) is 20.2 Å². The molecule has 0 aliphatic carbocycles. The molecule has 8 nitrogen and oxygen atoms in total. The van der Waals surface area contributed by atoms with Gasteiger partial charge in [-0.1, -0.05) is 10.3 Å². The molecule has 0 radical (unpaired) electrons. The Balaban J connectivity index is 2.66. The van der Waals surface area contributed by atoms with E-state index >= 15 is 0 Å². The number of hydrogen-bond donors (Lipinski definition) is 2. The summed E-state index contributed by atoms with van der Waals surface area (Å²) in [6, 6.07) is 1.54. The van der Waals surface area contributed by atoms with Crippen LogP contribution in [0.1, 0.15) is 29.6 Å². The number of amides is 1. The van der Waals surface area contributed by atoms with Crippen LogP contribution < -0.4 is 5.73 Å². The molecule has 1 rings (SSSR count). The Morgan fingerprint density at radius 3 is 3.00 bits per heavy atom. The molecule has 106 valence electrons. The minimum Gasteiger partial charge on any atom is -0.409 e. The monoisotopic (exact) mass is 270 g/mol. The number of nitrogens with zero attached hydrogens (tertiary/aromatic N) is 3. The second kappa shape index (κ2) is 7.37. The first-order valence-electron chi connectivity index (χ1n) is 5.82. The van der Waals surface area contributed by atoms with Gasteiger partial charge in [-0.15, -0.1) is 0 Å². The van der Waals surface area contributed by atoms with Gasteiger partial charge in [-0.2, -0.15) is 0 Å². The summed E-state index contributed by atoms with van der Waals surface area (Å²) in [6.07, 6.45) is 0.291. The molecule has 0 aromatic carbocycles. The highest BCUT2D eigenvalue weighted by Gasteiger charge is 2.18. The number of amidine groups is 1. The van der Waals surface area contributed by atoms with E-state index in [1.807, 2.05) is 6.92 Å². The quantitative estimate of drug-likeness (QED) is 0.321. The second-order valence-electron chi connectivity index (χ2n) is 3.84. The molecule has 0 saturated carbocycles. The van der Waals surface area contributed by atoms with E-state index in [1.54, 1.807) is 0 Å². The predicted molar refractivity (Wildman–Crippen MR) is 66.8 cm³/mol. The van der Waals surface area contributed by atoms with Crippen LogP contribution in [0.25, 0.3) is 0 Å². The van der Waals surface area contributed by atoms with Crippen LogP contribution in [0, 0.1) is 0 Å². The van der Waals surface area contributed by atoms with Gasteiger partial charge in [0.15, 0.2) is 11.5 Å². The van der Waals surface area contributed by atoms with Crippen molar-refractivity contribution in [3.8, 4) is 0 Å². The summed E-state index contributed by atoms with van der Waals surface area (Å²) >= 11 is 0. The Bertz CT molecular complexity index is 444. The summed E-state index contributed by atoms with van der Waals surface area (Å²) in [7, 11) is 1.53. The van der Waals surface area contributed by atoms with Crippen LogP contribution in [0.2, 0.25) is 0 Å². The maximum atomic E-state index is 12.1. The number of carbonyl (C=O) groups excluding carboxylic acids is 1. The molecule has 0 atom stereocenters. The lowest BCUT2D eigenvalue weighted by Gasteiger charge is -2.18. The van der Waals surface area contributed by atoms with Gasteiger partial charge in [0.05, 0.1) is 0 Å². The SMILES string of the molecule is CCN(CCC(N)=NO)C(=O)c1cc(COC)on1. The lowest BCUT2D eigenvalue weighted by Crippen LogP contribution is -2.34. The summed E-state index contributed by atoms with van der Waals surface area (Å²) in [5.74, 6) is 0.296. The van der Waals surface area contributed by atoms with E-state index < -0.39 is 0 Å². The zero-order valence-electron chi connectivity index (χ0n) is 11.0. The molecule has 1 aromatic rings. The van der Waals surface area contributed by atoms with Crippen molar-refractivity contribution in [1.29, 1.82) is 0 Å². The van der Waals surface area contributed by atoms with E-state index in [0.29, 0.717) is 25.3 Å². The molecule has 0 aliphatic rings. The minimum absolute atomic E-state index is 0.0754. The van der Waals surface area contributed by atoms with Gasteiger partial charge in [-0.25, -0.2) is 0 Å². The van der Waals surface area contributed by atoms with Gasteiger partial charge in [-0.05, 0) is 6.92 Å². The number of methoxy groups -OCH3 is 1. The standard InChI is InChI=1S/C11H18N4O4/c1-3-15(5-4-10(12)13-17)11(16)9-6-8(7-18-2)19-14-9/h6,17H,3-5,7H2,1-2H3,(H2,12,13). The number of rotatable bonds is 7. The van der Waals surface area contributed by atoms with Gasteiger partial charge in [0.1, 0.15) is 12.4 Å². The van der Waals surface area contributed by atoms with Crippen molar-refractivity contribution in [3.05, 3.63) is 17.5 Å². The van der Waals surface area contributed by atoms with Crippen molar-refractivity contribution in [3.63, 3.8) is 0 Å². The van der Waals surface area contributed by atoms with Crippen molar-refractivity contribution in [2.24, 2.45) is 10.9 Å². The van der Waals surface area contributed by atoms with Crippen LogP contribution in [0.4, 0.5) is 0 Å². The van der Waals surface area contributed by atoms with Gasteiger partial charge < -0.3 is 25.1 Å². The number of oxime groups is 1. The first-order chi connectivity index (χ1) is 9.12. The number of hydrogen-bond acceptors (Lipinski definition) is 6. The molecular formula is C11H18N4O4. The Kier molecular flexibility index (Phi) is 5.80. The highest BCUT2D eigenvalue weighted by molar-refractivity contribution is 5.92. The molecule has 0 fully saturated rings. The highest BCUT2D eigenvalue weighted by atomic mass is 16.5. The Morgan fingerprint density at radius 1 is 1.68 bits per heavy atom. The van der Waals surface area contributed by atoms with Crippen LogP contribution in [0.15, 0.2) is 15.7 Å². The van der Waals surface area contributed by atoms with Crippen molar-refractivity contribution in [2.75, 3.05) is 20.2 Å². The predicted octanol–water partition coefficient (Wildman–Crippen LogP) is 0.420. The maximum Gasteiger partial charge on any atom is 0.276 e. The van der Waals surface area contributed by atoms with Crippen molar-refractivity contribution >= 4 is 11.7 Å². The zero-order chi connectivity index (χ0) is 14.3. The van der Waals surface area contributed by atoms with E-state index in [0.717, 1.165) is 0 Å². The topological polar surface area (TPSA) is 114 Å². The normalized spacial score (nSPS) is 11.6. The first-order valence-corrected chi connectivity index (χ1v) is 5.82. The van der Waals surface area contributed by atoms with Gasteiger partial charge in [0.2, 0.25) is 0 Å². The molecule has 1 heterocycles. The summed E-state index contributed by atoms with van der Waals surface area (Å²) in [5.41, 5.74) is 5.59. The average molecular weight is 270 g/mol. The summed E-state index contributed by atoms with van der Waals surface area (Å²) in [5, 5.41) is 15.0. The molecule has 0 spiro atoms. The third-order valence-electron chi connectivity index (χ3n) is 2.50. The summed E-state index contributed by atoms with van der Waals surface area (Å²) in [4.78, 5) is 13.6. The fourth-order valence-corrected chi connectivity index (χ4v) is 1.49. The Labute approximate surface area is 110 Å². The molecule has 3 N–H and O–H groups in total. The van der Waals surface area contributed by atoms with E-state index in [-0.39, 0.29) is 24.0 Å². The molecular weight excluding hydrogens is 252 g/mol. The Morgan fingerprint density at radius 2 is 2.42 bits per heavy atom. The second-order valence-corrected chi connectivity index (χ2v) is 3.84. The number of carbonyl (C=O) groups is 1. The van der Waals surface area contributed by atoms with Crippen LogP contribution in [-0.2, 0) is 11.3 Å². The molecule has 8 heteroatoms. The van der Waals surface area contributed by atoms with Crippen molar-refractivity contribution in [2.45, 2.75) is 20.0 Å². The van der Waals surface area contributed by atoms with E-state index in [1.165, 1.54) is 18.1 Å². The molecule has 0 saturated heterocycles. The van der Waals surface area contributed by atoms with Gasteiger partial charge in [0, 0.05) is 32.7 Å². The third kappa shape index (κ3) is 4.25. The van der Waals surface area contributed by atoms with Gasteiger partial charge in [-0.3, -0.25) is 4.79 Å². The van der Waals surface area contributed by atoms with E-state index in [2.05, 4.69) is 10.3 Å². The third-order valence-corrected chi connectivity index (χ3v) is 2.50. The summed E-state index contributed by atoms with van der Waals surface area (Å²) < 4.78 is 9.84. The largest absolute Gasteiger partial charge is 0.409 e. The summed E-state index contributed by atoms with van der Waals surface area (Å²) in [6.45, 7) is 2.93. The number of ether oxygens (including phenoxy) is 1. The molecule has 1 aromatic heterocycles. The lowest BCUT2D eigenvalue weighted by atomic mass is 10.3. The average Bonchev–Trinajstić information content (AvgIpc) is 2.87. The van der Waals surface area contributed by atoms with Crippen LogP contribution in [0.5, 0.6) is 0 Å². The fourth-order valence-electron chi connectivity index (χ4n) is 1.49. The lowest BCUT2D eigenvalue weighted by molar-refractivity contribution is 0.0757. The number of nitrogens with two attached hydrogens (primary N) is 1. The number of aromatic nitrogens is 1. The van der Waals surface area contributed by atoms with Crippen LogP contribution in [-0.4, -0.2) is 47.2 Å². The van der Waals surface area contributed by atoms with Crippen molar-refractivity contribution in [1.82, 2.24) is 10.1 Å². The first kappa shape index (κ1) is 15.0. The maximum absolute atomic E-state index is 12.1. The van der Waals surface area contributed by atoms with Crippen LogP contribution in [0.3, 0.4) is 0 Å². The molecule has 0 aliphatic heterocycles. The minimum atomic E-state index is -0.264. The van der Waals surface area contributed by atoms with Gasteiger partial charge in [0.25, 0.3) is 5.91 Å². The van der Waals surface area contributed by atoms with Gasteiger partial charge >= 0.3 is 0 Å². The van der Waals surface area contributed by atoms with Crippen LogP contribution >= 0.6 is 0 Å². The molecule has 19 heavy (non-hydrogen) atoms. The molecule has 0 bridgehead atoms. The zero-order valence-corrected chi connectivity index (χ0v) is 11.0. The Hall–Kier alpha value is -2.09. The van der Waals surface area contributed by atoms with E-state index in [9.17, 15) is 4.79 Å². The van der Waals surface area contributed by atoms with Crippen molar-refractivity contribution < 1.29 is 19.3 Å². The molecule has 0 unspecified atom stereocenters. The smallest absolute Gasteiger partial charge is 0.276 e. The molecule has 1 amide bonds.